The van der Waals surface area contributed by atoms with E-state index >= 15 is 0 Å². The van der Waals surface area contributed by atoms with Crippen LogP contribution in [0, 0.1) is 0 Å². The molecular formula is C16H20N2O4S. The van der Waals surface area contributed by atoms with Crippen molar-refractivity contribution in [3.8, 4) is 0 Å². The maximum absolute atomic E-state index is 12.3. The molecule has 0 aromatic carbocycles. The van der Waals surface area contributed by atoms with Crippen molar-refractivity contribution in [2.45, 2.75) is 38.3 Å². The number of amides is 2. The van der Waals surface area contributed by atoms with Crippen LogP contribution in [-0.4, -0.2) is 58.9 Å². The normalized spacial score (nSPS) is 21.4. The van der Waals surface area contributed by atoms with Crippen molar-refractivity contribution in [3.05, 3.63) is 22.4 Å². The molecule has 3 heterocycles. The highest BCUT2D eigenvalue weighted by atomic mass is 32.1. The van der Waals surface area contributed by atoms with E-state index in [1.807, 2.05) is 13.8 Å². The summed E-state index contributed by atoms with van der Waals surface area (Å²) in [5.74, 6) is -0.895. The van der Waals surface area contributed by atoms with Gasteiger partial charge in [-0.05, 0) is 38.1 Å². The van der Waals surface area contributed by atoms with Gasteiger partial charge < -0.3 is 9.64 Å². The van der Waals surface area contributed by atoms with Crippen molar-refractivity contribution in [2.75, 3.05) is 19.7 Å². The van der Waals surface area contributed by atoms with E-state index in [9.17, 15) is 14.4 Å². The fraction of sp³-hybridized carbons (Fsp3) is 0.562. The summed E-state index contributed by atoms with van der Waals surface area (Å²) in [6.07, 6.45) is 1.05. The zero-order valence-corrected chi connectivity index (χ0v) is 14.1. The Morgan fingerprint density at radius 3 is 2.52 bits per heavy atom. The number of rotatable bonds is 3. The lowest BCUT2D eigenvalue weighted by molar-refractivity contribution is -0.127. The average molecular weight is 336 g/mol. The maximum atomic E-state index is 12.3. The van der Waals surface area contributed by atoms with Gasteiger partial charge in [0.25, 0.3) is 11.7 Å². The van der Waals surface area contributed by atoms with E-state index in [1.165, 1.54) is 11.3 Å². The number of piperidine rings is 1. The van der Waals surface area contributed by atoms with Gasteiger partial charge in [0.1, 0.15) is 6.61 Å². The molecule has 0 aliphatic carbocycles. The van der Waals surface area contributed by atoms with E-state index in [0.29, 0.717) is 37.4 Å². The molecule has 124 valence electrons. The standard InChI is InChI=1S/C16H20N2O4S/c1-16(2)10-22-15(21)18(16)11-5-7-17(8-6-11)14(20)13(19)12-4-3-9-23-12/h3-4,9,11H,5-8,10H2,1-2H3. The molecule has 7 heteroatoms. The van der Waals surface area contributed by atoms with Crippen LogP contribution >= 0.6 is 11.3 Å². The number of Topliss-reactive ketones (excluding diaryl/α,β-unsaturated/α-hetero) is 1. The van der Waals surface area contributed by atoms with Gasteiger partial charge in [-0.3, -0.25) is 14.5 Å². The Kier molecular flexibility index (Phi) is 4.14. The summed E-state index contributed by atoms with van der Waals surface area (Å²) in [7, 11) is 0. The number of carbonyl (C=O) groups is 3. The van der Waals surface area contributed by atoms with Crippen LogP contribution in [0.15, 0.2) is 17.5 Å². The first-order valence-corrected chi connectivity index (χ1v) is 8.61. The van der Waals surface area contributed by atoms with Crippen LogP contribution in [0.5, 0.6) is 0 Å². The number of hydrogen-bond donors (Lipinski definition) is 0. The van der Waals surface area contributed by atoms with E-state index < -0.39 is 11.7 Å². The van der Waals surface area contributed by atoms with E-state index in [2.05, 4.69) is 0 Å². The molecule has 0 spiro atoms. The molecule has 2 saturated heterocycles. The fourth-order valence-electron chi connectivity index (χ4n) is 3.25. The van der Waals surface area contributed by atoms with Gasteiger partial charge in [0.15, 0.2) is 0 Å². The number of carbonyl (C=O) groups excluding carboxylic acids is 3. The first-order chi connectivity index (χ1) is 10.9. The summed E-state index contributed by atoms with van der Waals surface area (Å²) in [5, 5.41) is 1.79. The monoisotopic (exact) mass is 336 g/mol. The Morgan fingerprint density at radius 2 is 2.00 bits per heavy atom. The SMILES string of the molecule is CC1(C)COC(=O)N1C1CCN(C(=O)C(=O)c2cccs2)CC1. The molecule has 0 atom stereocenters. The molecule has 3 rings (SSSR count). The van der Waals surface area contributed by atoms with Gasteiger partial charge in [-0.2, -0.15) is 0 Å². The number of hydrogen-bond acceptors (Lipinski definition) is 5. The molecule has 0 radical (unpaired) electrons. The van der Waals surface area contributed by atoms with Crippen LogP contribution < -0.4 is 0 Å². The minimum absolute atomic E-state index is 0.0564. The Bertz CT molecular complexity index is 618. The highest BCUT2D eigenvalue weighted by Gasteiger charge is 2.45. The zero-order valence-electron chi connectivity index (χ0n) is 13.3. The van der Waals surface area contributed by atoms with Gasteiger partial charge in [0.2, 0.25) is 0 Å². The van der Waals surface area contributed by atoms with E-state index in [4.69, 9.17) is 4.74 Å². The minimum atomic E-state index is -0.450. The Morgan fingerprint density at radius 1 is 1.30 bits per heavy atom. The van der Waals surface area contributed by atoms with Crippen LogP contribution in [0.25, 0.3) is 0 Å². The molecule has 0 bridgehead atoms. The quantitative estimate of drug-likeness (QED) is 0.627. The summed E-state index contributed by atoms with van der Waals surface area (Å²) < 4.78 is 5.15. The lowest BCUT2D eigenvalue weighted by atomic mass is 9.97. The van der Waals surface area contributed by atoms with Crippen molar-refractivity contribution in [2.24, 2.45) is 0 Å². The number of ether oxygens (including phenoxy) is 1. The third-order valence-electron chi connectivity index (χ3n) is 4.45. The summed E-state index contributed by atoms with van der Waals surface area (Å²) >= 11 is 1.28. The number of cyclic esters (lactones) is 1. The lowest BCUT2D eigenvalue weighted by Gasteiger charge is -2.40. The largest absolute Gasteiger partial charge is 0.447 e. The summed E-state index contributed by atoms with van der Waals surface area (Å²) in [6, 6.07) is 3.49. The summed E-state index contributed by atoms with van der Waals surface area (Å²) in [4.78, 5) is 40.2. The van der Waals surface area contributed by atoms with Crippen molar-refractivity contribution >= 4 is 29.1 Å². The topological polar surface area (TPSA) is 66.9 Å². The molecule has 1 aromatic heterocycles. The highest BCUT2D eigenvalue weighted by Crippen LogP contribution is 2.30. The molecule has 2 aliphatic heterocycles. The number of thiophene rings is 1. The van der Waals surface area contributed by atoms with E-state index in [-0.39, 0.29) is 17.7 Å². The van der Waals surface area contributed by atoms with Crippen molar-refractivity contribution in [1.82, 2.24) is 9.80 Å². The van der Waals surface area contributed by atoms with Crippen LogP contribution in [0.3, 0.4) is 0 Å². The molecule has 6 nitrogen and oxygen atoms in total. The number of nitrogens with zero attached hydrogens (tertiary/aromatic N) is 2. The predicted molar refractivity (Wildman–Crippen MR) is 85.5 cm³/mol. The maximum Gasteiger partial charge on any atom is 0.410 e. The van der Waals surface area contributed by atoms with Crippen LogP contribution in [0.2, 0.25) is 0 Å². The summed E-state index contributed by atoms with van der Waals surface area (Å²) in [6.45, 7) is 5.33. The Balaban J connectivity index is 1.61. The fourth-order valence-corrected chi connectivity index (χ4v) is 3.91. The second-order valence-electron chi connectivity index (χ2n) is 6.57. The average Bonchev–Trinajstić information content (AvgIpc) is 3.15. The van der Waals surface area contributed by atoms with Crippen LogP contribution in [-0.2, 0) is 9.53 Å². The van der Waals surface area contributed by atoms with Gasteiger partial charge in [-0.15, -0.1) is 11.3 Å². The summed E-state index contributed by atoms with van der Waals surface area (Å²) in [5.41, 5.74) is -0.319. The van der Waals surface area contributed by atoms with E-state index in [0.717, 1.165) is 0 Å². The third kappa shape index (κ3) is 2.97. The van der Waals surface area contributed by atoms with Gasteiger partial charge in [0.05, 0.1) is 10.4 Å². The number of ketones is 1. The minimum Gasteiger partial charge on any atom is -0.447 e. The van der Waals surface area contributed by atoms with Crippen molar-refractivity contribution < 1.29 is 19.1 Å². The molecule has 23 heavy (non-hydrogen) atoms. The molecule has 0 N–H and O–H groups in total. The van der Waals surface area contributed by atoms with E-state index in [1.54, 1.807) is 27.3 Å². The second-order valence-corrected chi connectivity index (χ2v) is 7.51. The van der Waals surface area contributed by atoms with Crippen molar-refractivity contribution in [3.63, 3.8) is 0 Å². The second kappa shape index (κ2) is 5.96. The zero-order chi connectivity index (χ0) is 16.6. The van der Waals surface area contributed by atoms with Gasteiger partial charge in [0, 0.05) is 19.1 Å². The Labute approximate surface area is 139 Å². The first kappa shape index (κ1) is 16.0. The molecular weight excluding hydrogens is 316 g/mol. The molecule has 2 fully saturated rings. The third-order valence-corrected chi connectivity index (χ3v) is 5.32. The smallest absolute Gasteiger partial charge is 0.410 e. The van der Waals surface area contributed by atoms with Gasteiger partial charge >= 0.3 is 6.09 Å². The molecule has 2 amide bonds. The highest BCUT2D eigenvalue weighted by molar-refractivity contribution is 7.13. The molecule has 2 aliphatic rings. The first-order valence-electron chi connectivity index (χ1n) is 7.73. The molecule has 0 saturated carbocycles. The van der Waals surface area contributed by atoms with Crippen LogP contribution in [0.1, 0.15) is 36.4 Å². The van der Waals surface area contributed by atoms with Crippen molar-refractivity contribution in [1.29, 1.82) is 0 Å². The van der Waals surface area contributed by atoms with Gasteiger partial charge in [-0.25, -0.2) is 4.79 Å². The predicted octanol–water partition coefficient (Wildman–Crippen LogP) is 2.15. The van der Waals surface area contributed by atoms with Gasteiger partial charge in [-0.1, -0.05) is 6.07 Å². The lowest BCUT2D eigenvalue weighted by Crippen LogP contribution is -2.54. The van der Waals surface area contributed by atoms with Crippen LogP contribution in [0.4, 0.5) is 4.79 Å². The number of likely N-dealkylation sites (tertiary alicyclic amines) is 1. The molecule has 0 unspecified atom stereocenters. The Hall–Kier alpha value is -1.89. The molecule has 1 aromatic rings.